The van der Waals surface area contributed by atoms with Gasteiger partial charge in [0.15, 0.2) is 0 Å². The van der Waals surface area contributed by atoms with Gasteiger partial charge in [0.05, 0.1) is 13.2 Å². The Kier molecular flexibility index (Phi) is 15.5. The summed E-state index contributed by atoms with van der Waals surface area (Å²) >= 11 is 0. The summed E-state index contributed by atoms with van der Waals surface area (Å²) in [6, 6.07) is 54.8. The van der Waals surface area contributed by atoms with Crippen LogP contribution in [0.1, 0.15) is 34.2 Å². The lowest BCUT2D eigenvalue weighted by Gasteiger charge is -2.12. The van der Waals surface area contributed by atoms with Crippen molar-refractivity contribution in [1.82, 2.24) is 29.1 Å². The number of ether oxygens (including phenoxy) is 2. The van der Waals surface area contributed by atoms with Crippen LogP contribution in [-0.2, 0) is 12.8 Å². The van der Waals surface area contributed by atoms with Crippen LogP contribution in [0.4, 0.5) is 0 Å². The van der Waals surface area contributed by atoms with Crippen molar-refractivity contribution in [3.05, 3.63) is 226 Å². The van der Waals surface area contributed by atoms with Crippen LogP contribution in [0.2, 0.25) is 0 Å². The quantitative estimate of drug-likeness (QED) is 0.143. The molecule has 1 aliphatic heterocycles. The lowest BCUT2D eigenvalue weighted by molar-refractivity contribution is 0.320. The van der Waals surface area contributed by atoms with E-state index in [1.54, 1.807) is 0 Å². The van der Waals surface area contributed by atoms with Crippen LogP contribution in [0.3, 0.4) is 0 Å². The molecule has 0 spiro atoms. The molecule has 0 amide bonds. The molecule has 10 aromatic rings. The van der Waals surface area contributed by atoms with E-state index in [-0.39, 0.29) is 67.9 Å². The minimum atomic E-state index is 0. The highest BCUT2D eigenvalue weighted by molar-refractivity contribution is 8.93. The van der Waals surface area contributed by atoms with E-state index in [2.05, 4.69) is 150 Å². The smallest absolute Gasteiger partial charge is 0.119 e. The molecule has 332 valence electrons. The van der Waals surface area contributed by atoms with Crippen molar-refractivity contribution < 1.29 is 9.47 Å². The summed E-state index contributed by atoms with van der Waals surface area (Å²) in [5, 5.41) is 8.79. The van der Waals surface area contributed by atoms with E-state index in [9.17, 15) is 0 Å². The molecule has 8 nitrogen and oxygen atoms in total. The summed E-state index contributed by atoms with van der Waals surface area (Å²) in [6.07, 6.45) is 14.1. The van der Waals surface area contributed by atoms with Crippen molar-refractivity contribution in [2.45, 2.75) is 12.8 Å². The van der Waals surface area contributed by atoms with E-state index >= 15 is 0 Å². The fourth-order valence-corrected chi connectivity index (χ4v) is 8.50. The molecule has 0 fully saturated rings. The zero-order chi connectivity index (χ0) is 41.2. The summed E-state index contributed by atoms with van der Waals surface area (Å²) in [6.45, 7) is 1.11. The maximum Gasteiger partial charge on any atom is 0.119 e. The van der Waals surface area contributed by atoms with Gasteiger partial charge in [0.2, 0.25) is 0 Å². The number of hydrogen-bond acceptors (Lipinski definition) is 4. The van der Waals surface area contributed by atoms with Crippen LogP contribution in [0.15, 0.2) is 170 Å². The van der Waals surface area contributed by atoms with Gasteiger partial charge in [-0.05, 0) is 144 Å². The van der Waals surface area contributed by atoms with Crippen LogP contribution in [0.5, 0.6) is 11.5 Å². The molecule has 4 aromatic carbocycles. The molecule has 1 aliphatic rings. The molecule has 0 saturated heterocycles. The van der Waals surface area contributed by atoms with Crippen LogP contribution < -0.4 is 30.9 Å². The number of halogens is 4. The number of fused-ring (bicyclic) bond motifs is 13. The average molecular weight is 1130 g/mol. The Morgan fingerprint density at radius 2 is 0.894 bits per heavy atom. The van der Waals surface area contributed by atoms with Crippen molar-refractivity contribution in [2.75, 3.05) is 13.2 Å². The van der Waals surface area contributed by atoms with Crippen LogP contribution in [0.25, 0.3) is 57.2 Å². The Labute approximate surface area is 423 Å². The number of aromatic amines is 2. The zero-order valence-corrected chi connectivity index (χ0v) is 42.4. The van der Waals surface area contributed by atoms with Gasteiger partial charge < -0.3 is 28.6 Å². The number of hydrogen-bond donors (Lipinski definition) is 2. The minimum absolute atomic E-state index is 0. The first-order chi connectivity index (χ1) is 30.7. The fourth-order valence-electron chi connectivity index (χ4n) is 8.50. The zero-order valence-electron chi connectivity index (χ0n) is 35.5. The average Bonchev–Trinajstić information content (AvgIpc) is 4.11. The molecule has 0 unspecified atom stereocenters. The second-order valence-corrected chi connectivity index (χ2v) is 15.5. The number of H-pyrrole nitrogens is 2. The lowest BCUT2D eigenvalue weighted by atomic mass is 10.0. The summed E-state index contributed by atoms with van der Waals surface area (Å²) in [7, 11) is 0. The fraction of sp³-hybridized carbons (Fsp3) is 0.0741. The second kappa shape index (κ2) is 21.4. The standard InChI is InChI=1S/C54H42N6O2.4BrH/c1-2-10-50-37(7-1)11-26-51-52-35-46-16-14-44(59(46)42-18-22-48(23-19-42)61-31-27-38-8-3-5-29-55-38)33-40-12-13-41(57-40)34-45-15-17-47(36-53(58-52)54(50)51)60(45)43-20-24-49(25-21-43)62-32-28-39-9-4-6-30-56-39;;;;/h1-26,29-30,33-36,57-58H,27-28,31-32H2;4*1H. The largest absolute Gasteiger partial charge is 0.493 e. The van der Waals surface area contributed by atoms with E-state index in [0.29, 0.717) is 13.2 Å². The molecule has 12 heteroatoms. The van der Waals surface area contributed by atoms with Crippen LogP contribution >= 0.6 is 67.9 Å². The normalized spacial score (nSPS) is 11.3. The van der Waals surface area contributed by atoms with Gasteiger partial charge in [-0.1, -0.05) is 48.5 Å². The van der Waals surface area contributed by atoms with Gasteiger partial charge in [-0.25, -0.2) is 0 Å². The molecule has 2 N–H and O–H groups in total. The molecule has 6 aromatic heterocycles. The Morgan fingerprint density at radius 3 is 1.41 bits per heavy atom. The minimum Gasteiger partial charge on any atom is -0.493 e. The van der Waals surface area contributed by atoms with Crippen LogP contribution in [-0.4, -0.2) is 42.3 Å². The molecule has 0 atom stereocenters. The van der Waals surface area contributed by atoms with Crippen molar-refractivity contribution >= 4 is 114 Å². The number of nitrogens with one attached hydrogen (secondary N) is 2. The number of nitrogens with zero attached hydrogens (tertiary/aromatic N) is 4. The second-order valence-electron chi connectivity index (χ2n) is 15.5. The molecule has 7 heterocycles. The molecule has 8 bridgehead atoms. The summed E-state index contributed by atoms with van der Waals surface area (Å²) in [5.74, 6) is 1.64. The Morgan fingerprint density at radius 1 is 0.409 bits per heavy atom. The van der Waals surface area contributed by atoms with Gasteiger partial charge in [0, 0.05) is 103 Å². The lowest BCUT2D eigenvalue weighted by Crippen LogP contribution is -2.14. The Bertz CT molecular complexity index is 3470. The number of benzene rings is 4. The highest BCUT2D eigenvalue weighted by atomic mass is 79.9. The van der Waals surface area contributed by atoms with E-state index in [1.807, 2.05) is 73.1 Å². The maximum atomic E-state index is 6.16. The van der Waals surface area contributed by atoms with E-state index in [0.717, 1.165) is 96.7 Å². The number of aromatic nitrogens is 6. The maximum absolute atomic E-state index is 6.16. The van der Waals surface area contributed by atoms with Gasteiger partial charge in [-0.15, -0.1) is 67.9 Å². The highest BCUT2D eigenvalue weighted by Crippen LogP contribution is 2.26. The topological polar surface area (TPSA) is 85.7 Å². The predicted molar refractivity (Wildman–Crippen MR) is 289 cm³/mol. The molecular weight excluding hydrogens is 1080 g/mol. The molecule has 0 aliphatic carbocycles. The first-order valence-electron chi connectivity index (χ1n) is 21.0. The molecule has 66 heavy (non-hydrogen) atoms. The van der Waals surface area contributed by atoms with Crippen LogP contribution in [0, 0.1) is 0 Å². The predicted octanol–water partition coefficient (Wildman–Crippen LogP) is 10.2. The molecular formula is C54H46Br4N6O2. The van der Waals surface area contributed by atoms with Gasteiger partial charge in [-0.2, -0.15) is 0 Å². The first-order valence-corrected chi connectivity index (χ1v) is 21.0. The Balaban J connectivity index is 0.00000162. The molecule has 0 saturated carbocycles. The van der Waals surface area contributed by atoms with Gasteiger partial charge in [0.1, 0.15) is 11.5 Å². The van der Waals surface area contributed by atoms with Crippen molar-refractivity contribution in [1.29, 1.82) is 0 Å². The van der Waals surface area contributed by atoms with E-state index in [4.69, 9.17) is 9.47 Å². The highest BCUT2D eigenvalue weighted by Gasteiger charge is 2.14. The van der Waals surface area contributed by atoms with E-state index in [1.165, 1.54) is 16.2 Å². The SMILES string of the molecule is Br.Br.Br.Br.C1=c2ccc([nH]2)=Cc2ccc(n2-c2ccc(OCCc3ccccn3)cc2)C=c2[nH]c(c3ccc4ccccc4c23)=Cc2ccc1n2-c1ccc(OCCc2ccccn2)cc1. The summed E-state index contributed by atoms with van der Waals surface area (Å²) in [5.41, 5.74) is 8.27. The van der Waals surface area contributed by atoms with Gasteiger partial charge >= 0.3 is 0 Å². The van der Waals surface area contributed by atoms with Crippen molar-refractivity contribution in [3.8, 4) is 22.9 Å². The molecule has 11 rings (SSSR count). The van der Waals surface area contributed by atoms with Crippen molar-refractivity contribution in [3.63, 3.8) is 0 Å². The third kappa shape index (κ3) is 9.97. The third-order valence-corrected chi connectivity index (χ3v) is 11.5. The molecule has 0 radical (unpaired) electrons. The number of rotatable bonds is 10. The summed E-state index contributed by atoms with van der Waals surface area (Å²) < 4.78 is 16.9. The Hall–Kier alpha value is -6.18. The van der Waals surface area contributed by atoms with Gasteiger partial charge in [0.25, 0.3) is 0 Å². The first kappa shape index (κ1) is 47.8. The summed E-state index contributed by atoms with van der Waals surface area (Å²) in [4.78, 5) is 16.4. The third-order valence-electron chi connectivity index (χ3n) is 11.5. The van der Waals surface area contributed by atoms with E-state index < -0.39 is 0 Å². The number of pyridine rings is 2. The monoisotopic (exact) mass is 1130 g/mol. The van der Waals surface area contributed by atoms with Gasteiger partial charge in [-0.3, -0.25) is 9.97 Å². The van der Waals surface area contributed by atoms with Crippen molar-refractivity contribution in [2.24, 2.45) is 0 Å².